The lowest BCUT2D eigenvalue weighted by Gasteiger charge is -2.42. The first-order chi connectivity index (χ1) is 13.6. The van der Waals surface area contributed by atoms with Gasteiger partial charge in [-0.3, -0.25) is 14.8 Å². The number of nitrogens with zero attached hydrogens (tertiary/aromatic N) is 2. The van der Waals surface area contributed by atoms with Gasteiger partial charge in [0, 0.05) is 37.7 Å². The number of aromatic amines is 1. The molecule has 1 aliphatic rings. The highest BCUT2D eigenvalue weighted by Gasteiger charge is 2.38. The van der Waals surface area contributed by atoms with E-state index >= 15 is 0 Å². The number of carbonyl (C=O) groups is 1. The van der Waals surface area contributed by atoms with Crippen LogP contribution < -0.4 is 5.32 Å². The lowest BCUT2D eigenvalue weighted by Crippen LogP contribution is -2.52. The Bertz CT molecular complexity index is 945. The van der Waals surface area contributed by atoms with E-state index in [1.54, 1.807) is 23.5 Å². The molecule has 7 heteroatoms. The summed E-state index contributed by atoms with van der Waals surface area (Å²) in [5, 5.41) is 12.4. The summed E-state index contributed by atoms with van der Waals surface area (Å²) in [5.41, 5.74) is 2.14. The summed E-state index contributed by atoms with van der Waals surface area (Å²) < 4.78 is 14.5. The SMILES string of the molecule is CC(=O)NC1(c2ccccc2F)CCN(Cc2cn[nH]c2-c2cccs2)CC1. The predicted octanol–water partition coefficient (Wildman–Crippen LogP) is 3.90. The molecule has 2 N–H and O–H groups in total. The normalized spacial score (nSPS) is 16.8. The standard InChI is InChI=1S/C21H23FN4OS/c1-15(27)24-21(17-5-2-3-6-18(17)22)8-10-26(11-9-21)14-16-13-23-25-20(16)19-7-4-12-28-19/h2-7,12-13H,8-11,14H2,1H3,(H,23,25)(H,24,27). The quantitative estimate of drug-likeness (QED) is 0.685. The van der Waals surface area contributed by atoms with E-state index in [-0.39, 0.29) is 11.7 Å². The van der Waals surface area contributed by atoms with Gasteiger partial charge in [-0.25, -0.2) is 4.39 Å². The van der Waals surface area contributed by atoms with Gasteiger partial charge in [-0.2, -0.15) is 5.10 Å². The molecule has 1 aromatic carbocycles. The molecule has 28 heavy (non-hydrogen) atoms. The average Bonchev–Trinajstić information content (AvgIpc) is 3.35. The zero-order valence-electron chi connectivity index (χ0n) is 15.7. The van der Waals surface area contributed by atoms with Crippen LogP contribution in [0.15, 0.2) is 48.0 Å². The maximum atomic E-state index is 14.5. The first kappa shape index (κ1) is 18.8. The number of piperidine rings is 1. The maximum Gasteiger partial charge on any atom is 0.217 e. The van der Waals surface area contributed by atoms with Crippen LogP contribution in [-0.4, -0.2) is 34.1 Å². The summed E-state index contributed by atoms with van der Waals surface area (Å²) in [4.78, 5) is 15.4. The smallest absolute Gasteiger partial charge is 0.217 e. The van der Waals surface area contributed by atoms with Crippen LogP contribution in [0.1, 0.15) is 30.9 Å². The predicted molar refractivity (Wildman–Crippen MR) is 108 cm³/mol. The van der Waals surface area contributed by atoms with Gasteiger partial charge >= 0.3 is 0 Å². The third-order valence-electron chi connectivity index (χ3n) is 5.39. The van der Waals surface area contributed by atoms with Gasteiger partial charge in [-0.05, 0) is 30.4 Å². The number of H-pyrrole nitrogens is 1. The number of benzene rings is 1. The average molecular weight is 399 g/mol. The molecule has 0 atom stereocenters. The minimum Gasteiger partial charge on any atom is -0.347 e. The molecule has 0 radical (unpaired) electrons. The van der Waals surface area contributed by atoms with Crippen LogP contribution in [0.3, 0.4) is 0 Å². The van der Waals surface area contributed by atoms with Gasteiger partial charge in [0.25, 0.3) is 0 Å². The lowest BCUT2D eigenvalue weighted by molar-refractivity contribution is -0.121. The topological polar surface area (TPSA) is 61.0 Å². The molecule has 1 amide bonds. The molecule has 1 fully saturated rings. The number of carbonyl (C=O) groups excluding carboxylic acids is 1. The van der Waals surface area contributed by atoms with Crippen molar-refractivity contribution in [2.45, 2.75) is 31.8 Å². The third kappa shape index (κ3) is 3.72. The molecule has 4 rings (SSSR count). The van der Waals surface area contributed by atoms with Gasteiger partial charge in [0.15, 0.2) is 0 Å². The fourth-order valence-electron chi connectivity index (χ4n) is 4.05. The number of halogens is 1. The molecule has 0 unspecified atom stereocenters. The molecular weight excluding hydrogens is 375 g/mol. The molecule has 5 nitrogen and oxygen atoms in total. The zero-order chi connectivity index (χ0) is 19.6. The number of hydrogen-bond acceptors (Lipinski definition) is 4. The zero-order valence-corrected chi connectivity index (χ0v) is 16.6. The Morgan fingerprint density at radius 1 is 1.29 bits per heavy atom. The van der Waals surface area contributed by atoms with E-state index in [1.807, 2.05) is 18.3 Å². The summed E-state index contributed by atoms with van der Waals surface area (Å²) in [7, 11) is 0. The van der Waals surface area contributed by atoms with Crippen molar-refractivity contribution in [2.24, 2.45) is 0 Å². The summed E-state index contributed by atoms with van der Waals surface area (Å²) >= 11 is 1.68. The monoisotopic (exact) mass is 398 g/mol. The molecule has 2 aromatic heterocycles. The second-order valence-corrected chi connectivity index (χ2v) is 8.21. The second kappa shape index (κ2) is 7.85. The van der Waals surface area contributed by atoms with Crippen molar-refractivity contribution in [2.75, 3.05) is 13.1 Å². The van der Waals surface area contributed by atoms with Crippen LogP contribution in [0.4, 0.5) is 4.39 Å². The highest BCUT2D eigenvalue weighted by molar-refractivity contribution is 7.13. The van der Waals surface area contributed by atoms with Gasteiger partial charge in [0.05, 0.1) is 22.3 Å². The van der Waals surface area contributed by atoms with Gasteiger partial charge in [0.2, 0.25) is 5.91 Å². The number of likely N-dealkylation sites (tertiary alicyclic amines) is 1. The Labute approximate surface area is 167 Å². The van der Waals surface area contributed by atoms with Crippen molar-refractivity contribution >= 4 is 17.2 Å². The molecule has 0 bridgehead atoms. The van der Waals surface area contributed by atoms with Crippen molar-refractivity contribution in [1.29, 1.82) is 0 Å². The molecular formula is C21H23FN4OS. The third-order valence-corrected chi connectivity index (χ3v) is 6.28. The summed E-state index contributed by atoms with van der Waals surface area (Å²) in [6.07, 6.45) is 3.21. The van der Waals surface area contributed by atoms with Crippen LogP contribution in [0, 0.1) is 5.82 Å². The molecule has 3 aromatic rings. The molecule has 146 valence electrons. The number of rotatable bonds is 5. The number of amides is 1. The highest BCUT2D eigenvalue weighted by Crippen LogP contribution is 2.35. The van der Waals surface area contributed by atoms with Gasteiger partial charge in [-0.1, -0.05) is 24.3 Å². The first-order valence-electron chi connectivity index (χ1n) is 9.40. The maximum absolute atomic E-state index is 14.5. The fraction of sp³-hybridized carbons (Fsp3) is 0.333. The van der Waals surface area contributed by atoms with Gasteiger partial charge in [-0.15, -0.1) is 11.3 Å². The van der Waals surface area contributed by atoms with Crippen LogP contribution >= 0.6 is 11.3 Å². The lowest BCUT2D eigenvalue weighted by atomic mass is 9.80. The van der Waals surface area contributed by atoms with E-state index in [0.717, 1.165) is 30.9 Å². The van der Waals surface area contributed by atoms with Crippen LogP contribution in [-0.2, 0) is 16.9 Å². The van der Waals surface area contributed by atoms with E-state index in [1.165, 1.54) is 17.9 Å². The van der Waals surface area contributed by atoms with Crippen molar-refractivity contribution in [1.82, 2.24) is 20.4 Å². The Morgan fingerprint density at radius 3 is 2.75 bits per heavy atom. The molecule has 0 spiro atoms. The largest absolute Gasteiger partial charge is 0.347 e. The molecule has 0 saturated carbocycles. The van der Waals surface area contributed by atoms with Crippen molar-refractivity contribution in [3.63, 3.8) is 0 Å². The van der Waals surface area contributed by atoms with E-state index in [9.17, 15) is 9.18 Å². The molecule has 1 aliphatic heterocycles. The summed E-state index contributed by atoms with van der Waals surface area (Å²) in [5.74, 6) is -0.397. The highest BCUT2D eigenvalue weighted by atomic mass is 32.1. The van der Waals surface area contributed by atoms with Crippen molar-refractivity contribution in [3.8, 4) is 10.6 Å². The minimum atomic E-state index is -0.652. The number of hydrogen-bond donors (Lipinski definition) is 2. The molecule has 1 saturated heterocycles. The van der Waals surface area contributed by atoms with E-state index in [4.69, 9.17) is 0 Å². The van der Waals surface area contributed by atoms with Crippen molar-refractivity contribution < 1.29 is 9.18 Å². The molecule has 3 heterocycles. The second-order valence-electron chi connectivity index (χ2n) is 7.27. The van der Waals surface area contributed by atoms with E-state index in [2.05, 4.69) is 31.9 Å². The number of nitrogens with one attached hydrogen (secondary N) is 2. The number of aromatic nitrogens is 2. The summed E-state index contributed by atoms with van der Waals surface area (Å²) in [6.45, 7) is 3.80. The Balaban J connectivity index is 1.51. The van der Waals surface area contributed by atoms with Crippen LogP contribution in [0.5, 0.6) is 0 Å². The van der Waals surface area contributed by atoms with E-state index in [0.29, 0.717) is 18.4 Å². The Hall–Kier alpha value is -2.51. The Morgan fingerprint density at radius 2 is 2.07 bits per heavy atom. The minimum absolute atomic E-state index is 0.133. The summed E-state index contributed by atoms with van der Waals surface area (Å²) in [6, 6.07) is 10.9. The Kier molecular flexibility index (Phi) is 5.28. The van der Waals surface area contributed by atoms with Gasteiger partial charge < -0.3 is 5.32 Å². The van der Waals surface area contributed by atoms with Gasteiger partial charge in [0.1, 0.15) is 5.82 Å². The first-order valence-corrected chi connectivity index (χ1v) is 10.3. The van der Waals surface area contributed by atoms with Crippen LogP contribution in [0.2, 0.25) is 0 Å². The van der Waals surface area contributed by atoms with Crippen LogP contribution in [0.25, 0.3) is 10.6 Å². The number of thiophene rings is 1. The molecule has 0 aliphatic carbocycles. The van der Waals surface area contributed by atoms with E-state index < -0.39 is 5.54 Å². The fourth-order valence-corrected chi connectivity index (χ4v) is 4.80. The van der Waals surface area contributed by atoms with Crippen molar-refractivity contribution in [3.05, 3.63) is 64.9 Å².